The number of hydrogen-bond acceptors (Lipinski definition) is 4. The quantitative estimate of drug-likeness (QED) is 0.793. The number of pyridine rings is 1. The number of aromatic nitrogens is 1. The maximum atomic E-state index is 13.1. The summed E-state index contributed by atoms with van der Waals surface area (Å²) in [5.74, 6) is 0.125. The van der Waals surface area contributed by atoms with Gasteiger partial charge in [-0.15, -0.1) is 0 Å². The molecule has 1 aromatic carbocycles. The van der Waals surface area contributed by atoms with E-state index in [1.807, 2.05) is 24.3 Å². The second-order valence-electron chi connectivity index (χ2n) is 6.85. The fourth-order valence-corrected chi connectivity index (χ4v) is 4.17. The number of fused-ring (bicyclic) bond motifs is 2. The van der Waals surface area contributed by atoms with Crippen LogP contribution in [-0.2, 0) is 10.2 Å². The summed E-state index contributed by atoms with van der Waals surface area (Å²) in [5.41, 5.74) is 2.92. The van der Waals surface area contributed by atoms with Crippen LogP contribution in [0.1, 0.15) is 24.8 Å². The Labute approximate surface area is 147 Å². The number of hydrogen-bond donors (Lipinski definition) is 0. The minimum atomic E-state index is -0.113. The van der Waals surface area contributed by atoms with Gasteiger partial charge in [0.2, 0.25) is 5.91 Å². The molecule has 2 aromatic rings. The highest BCUT2D eigenvalue weighted by Gasteiger charge is 2.45. The zero-order chi connectivity index (χ0) is 17.3. The molecule has 1 fully saturated rings. The largest absolute Gasteiger partial charge is 0.291 e. The van der Waals surface area contributed by atoms with Crippen molar-refractivity contribution in [3.63, 3.8) is 0 Å². The van der Waals surface area contributed by atoms with Crippen molar-refractivity contribution in [2.24, 2.45) is 0 Å². The monoisotopic (exact) mass is 332 g/mol. The van der Waals surface area contributed by atoms with Gasteiger partial charge in [-0.2, -0.15) is 5.26 Å². The third-order valence-corrected chi connectivity index (χ3v) is 5.47. The van der Waals surface area contributed by atoms with E-state index < -0.39 is 0 Å². The third-order valence-electron chi connectivity index (χ3n) is 5.47. The van der Waals surface area contributed by atoms with Crippen molar-refractivity contribution in [3.05, 3.63) is 54.4 Å². The first-order valence-electron chi connectivity index (χ1n) is 8.65. The lowest BCUT2D eigenvalue weighted by molar-refractivity contribution is -0.120. The zero-order valence-corrected chi connectivity index (χ0v) is 14.1. The number of nitrogens with zero attached hydrogens (tertiary/aromatic N) is 4. The molecule has 4 rings (SSSR count). The molecule has 0 unspecified atom stereocenters. The lowest BCUT2D eigenvalue weighted by Gasteiger charge is -2.47. The van der Waals surface area contributed by atoms with E-state index in [-0.39, 0.29) is 11.3 Å². The SMILES string of the molecule is N#CCN1CCC2(CC1)CC(=O)N(c1cccnc1)c1ccccc12. The van der Waals surface area contributed by atoms with Crippen LogP contribution in [0.4, 0.5) is 11.4 Å². The highest BCUT2D eigenvalue weighted by atomic mass is 16.2. The summed E-state index contributed by atoms with van der Waals surface area (Å²) in [6, 6.07) is 14.2. The lowest BCUT2D eigenvalue weighted by atomic mass is 9.67. The van der Waals surface area contributed by atoms with Gasteiger partial charge in [-0.05, 0) is 36.6 Å². The highest BCUT2D eigenvalue weighted by Crippen LogP contribution is 2.48. The summed E-state index contributed by atoms with van der Waals surface area (Å²) in [6.45, 7) is 2.19. The number of amides is 1. The molecule has 3 heterocycles. The van der Waals surface area contributed by atoms with Gasteiger partial charge in [0.1, 0.15) is 0 Å². The number of anilines is 2. The molecule has 1 spiro atoms. The average molecular weight is 332 g/mol. The van der Waals surface area contributed by atoms with Crippen molar-refractivity contribution in [2.75, 3.05) is 24.5 Å². The van der Waals surface area contributed by atoms with Crippen molar-refractivity contribution in [2.45, 2.75) is 24.7 Å². The van der Waals surface area contributed by atoms with Gasteiger partial charge < -0.3 is 0 Å². The third kappa shape index (κ3) is 2.69. The zero-order valence-electron chi connectivity index (χ0n) is 14.1. The summed E-state index contributed by atoms with van der Waals surface area (Å²) in [5, 5.41) is 8.92. The number of benzene rings is 1. The minimum Gasteiger partial charge on any atom is -0.291 e. The number of para-hydroxylation sites is 1. The van der Waals surface area contributed by atoms with Gasteiger partial charge in [0, 0.05) is 31.1 Å². The minimum absolute atomic E-state index is 0.113. The second kappa shape index (κ2) is 6.30. The molecule has 5 nitrogen and oxygen atoms in total. The number of rotatable bonds is 2. The second-order valence-corrected chi connectivity index (χ2v) is 6.85. The van der Waals surface area contributed by atoms with E-state index in [0.717, 1.165) is 37.3 Å². The molecule has 5 heteroatoms. The Bertz CT molecular complexity index is 819. The fourth-order valence-electron chi connectivity index (χ4n) is 4.17. The average Bonchev–Trinajstić information content (AvgIpc) is 2.65. The predicted octanol–water partition coefficient (Wildman–Crippen LogP) is 3.01. The molecule has 0 N–H and O–H groups in total. The van der Waals surface area contributed by atoms with Gasteiger partial charge in [0.15, 0.2) is 0 Å². The van der Waals surface area contributed by atoms with Gasteiger partial charge in [-0.25, -0.2) is 0 Å². The number of carbonyl (C=O) groups excluding carboxylic acids is 1. The van der Waals surface area contributed by atoms with Crippen LogP contribution in [0.2, 0.25) is 0 Å². The van der Waals surface area contributed by atoms with Crippen LogP contribution in [-0.4, -0.2) is 35.4 Å². The van der Waals surface area contributed by atoms with Gasteiger partial charge >= 0.3 is 0 Å². The van der Waals surface area contributed by atoms with Crippen LogP contribution in [0.3, 0.4) is 0 Å². The summed E-state index contributed by atoms with van der Waals surface area (Å²) in [7, 11) is 0. The molecule has 1 amide bonds. The van der Waals surface area contributed by atoms with Gasteiger partial charge in [-0.1, -0.05) is 18.2 Å². The van der Waals surface area contributed by atoms with Crippen LogP contribution in [0, 0.1) is 11.3 Å². The summed E-state index contributed by atoms with van der Waals surface area (Å²) >= 11 is 0. The lowest BCUT2D eigenvalue weighted by Crippen LogP contribution is -2.49. The molecule has 0 atom stereocenters. The van der Waals surface area contributed by atoms with Gasteiger partial charge in [0.05, 0.1) is 30.2 Å². The van der Waals surface area contributed by atoms with E-state index in [2.05, 4.69) is 28.1 Å². The van der Waals surface area contributed by atoms with Crippen LogP contribution in [0.5, 0.6) is 0 Å². The van der Waals surface area contributed by atoms with E-state index in [1.165, 1.54) is 5.56 Å². The molecule has 2 aliphatic rings. The number of piperidine rings is 1. The fraction of sp³-hybridized carbons (Fsp3) is 0.350. The van der Waals surface area contributed by atoms with Crippen LogP contribution in [0.25, 0.3) is 0 Å². The van der Waals surface area contributed by atoms with Crippen molar-refractivity contribution >= 4 is 17.3 Å². The summed E-state index contributed by atoms with van der Waals surface area (Å²) < 4.78 is 0. The molecule has 0 radical (unpaired) electrons. The molecular formula is C20H20N4O. The Kier molecular flexibility index (Phi) is 3.98. The molecule has 126 valence electrons. The predicted molar refractivity (Wildman–Crippen MR) is 95.4 cm³/mol. The molecular weight excluding hydrogens is 312 g/mol. The van der Waals surface area contributed by atoms with E-state index in [0.29, 0.717) is 13.0 Å². The van der Waals surface area contributed by atoms with E-state index in [4.69, 9.17) is 5.26 Å². The molecule has 0 bridgehead atoms. The maximum absolute atomic E-state index is 13.1. The molecule has 1 aromatic heterocycles. The molecule has 25 heavy (non-hydrogen) atoms. The van der Waals surface area contributed by atoms with Crippen molar-refractivity contribution in [1.29, 1.82) is 5.26 Å². The molecule has 0 aliphatic carbocycles. The molecule has 0 saturated carbocycles. The number of nitriles is 1. The topological polar surface area (TPSA) is 60.2 Å². The van der Waals surface area contributed by atoms with Crippen LogP contribution >= 0.6 is 0 Å². The van der Waals surface area contributed by atoms with Crippen LogP contribution < -0.4 is 4.90 Å². The molecule has 2 aliphatic heterocycles. The first kappa shape index (κ1) is 15.8. The Morgan fingerprint density at radius 1 is 1.16 bits per heavy atom. The molecule has 1 saturated heterocycles. The van der Waals surface area contributed by atoms with Gasteiger partial charge in [-0.3, -0.25) is 19.6 Å². The highest BCUT2D eigenvalue weighted by molar-refractivity contribution is 6.04. The van der Waals surface area contributed by atoms with E-state index >= 15 is 0 Å². The Morgan fingerprint density at radius 3 is 2.68 bits per heavy atom. The van der Waals surface area contributed by atoms with Crippen molar-refractivity contribution in [1.82, 2.24) is 9.88 Å². The smallest absolute Gasteiger partial charge is 0.232 e. The first-order chi connectivity index (χ1) is 12.2. The van der Waals surface area contributed by atoms with E-state index in [1.54, 1.807) is 17.3 Å². The van der Waals surface area contributed by atoms with Gasteiger partial charge in [0.25, 0.3) is 0 Å². The van der Waals surface area contributed by atoms with E-state index in [9.17, 15) is 4.79 Å². The Morgan fingerprint density at radius 2 is 1.96 bits per heavy atom. The first-order valence-corrected chi connectivity index (χ1v) is 8.65. The Hall–Kier alpha value is -2.71. The summed E-state index contributed by atoms with van der Waals surface area (Å²) in [6.07, 6.45) is 5.80. The standard InChI is InChI=1S/C20H20N4O/c21-9-13-23-11-7-20(8-12-23)14-19(25)24(16-4-3-10-22-15-16)18-6-2-1-5-17(18)20/h1-6,10,15H,7-8,11-14H2. The number of carbonyl (C=O) groups is 1. The normalized spacial score (nSPS) is 19.5. The van der Waals surface area contributed by atoms with Crippen molar-refractivity contribution < 1.29 is 4.79 Å². The summed E-state index contributed by atoms with van der Waals surface area (Å²) in [4.78, 5) is 21.2. The number of likely N-dealkylation sites (tertiary alicyclic amines) is 1. The maximum Gasteiger partial charge on any atom is 0.232 e. The van der Waals surface area contributed by atoms with Crippen molar-refractivity contribution in [3.8, 4) is 6.07 Å². The van der Waals surface area contributed by atoms with Crippen LogP contribution in [0.15, 0.2) is 48.8 Å². The Balaban J connectivity index is 1.73.